The maximum Gasteiger partial charge on any atom is 0.336 e. The highest BCUT2D eigenvalue weighted by molar-refractivity contribution is 5.76. The topological polar surface area (TPSA) is 134 Å². The number of hydrogen-bond donors (Lipinski definition) is 4. The molecule has 4 N–H and O–H groups in total. The highest BCUT2D eigenvalue weighted by Crippen LogP contribution is 2.43. The quantitative estimate of drug-likeness (QED) is 0.358. The summed E-state index contributed by atoms with van der Waals surface area (Å²) in [5, 5.41) is 41.5. The molecule has 0 saturated heterocycles. The summed E-state index contributed by atoms with van der Waals surface area (Å²) in [5.41, 5.74) is -1.63. The molecule has 0 fully saturated rings. The Morgan fingerprint density at radius 2 is 1.24 bits per heavy atom. The molecule has 2 unspecified atom stereocenters. The van der Waals surface area contributed by atoms with Gasteiger partial charge in [-0.3, -0.25) is 0 Å². The molecule has 0 bridgehead atoms. The molecule has 3 rings (SSSR count). The van der Waals surface area contributed by atoms with Gasteiger partial charge in [0.25, 0.3) is 0 Å². The number of hydrogen-bond acceptors (Lipinski definition) is 6. The first-order valence-corrected chi connectivity index (χ1v) is 11.8. The van der Waals surface area contributed by atoms with Crippen molar-refractivity contribution in [2.45, 2.75) is 42.7 Å². The van der Waals surface area contributed by atoms with E-state index in [4.69, 9.17) is 9.47 Å². The van der Waals surface area contributed by atoms with Gasteiger partial charge < -0.3 is 29.9 Å². The Balaban J connectivity index is 2.24. The maximum atomic E-state index is 12.1. The van der Waals surface area contributed by atoms with Crippen molar-refractivity contribution in [2.75, 3.05) is 14.2 Å². The highest BCUT2D eigenvalue weighted by Gasteiger charge is 2.49. The number of carboxylic acids is 2. The Bertz CT molecular complexity index is 1170. The second-order valence-corrected chi connectivity index (χ2v) is 8.69. The van der Waals surface area contributed by atoms with Crippen molar-refractivity contribution in [1.29, 1.82) is 0 Å². The average molecular weight is 509 g/mol. The molecule has 0 saturated carbocycles. The van der Waals surface area contributed by atoms with Gasteiger partial charge in [0, 0.05) is 14.2 Å². The Labute approximate surface area is 215 Å². The molecular formula is C29H32O8. The Kier molecular flexibility index (Phi) is 9.18. The smallest absolute Gasteiger partial charge is 0.336 e. The molecular weight excluding hydrogens is 476 g/mol. The number of aliphatic hydroxyl groups is 2. The fourth-order valence-electron chi connectivity index (χ4n) is 5.01. The molecule has 0 aliphatic heterocycles. The van der Waals surface area contributed by atoms with Crippen molar-refractivity contribution in [2.24, 2.45) is 0 Å². The zero-order chi connectivity index (χ0) is 27.1. The van der Waals surface area contributed by atoms with E-state index in [1.165, 1.54) is 14.2 Å². The number of allylic oxidation sites excluding steroid dienone is 4. The van der Waals surface area contributed by atoms with Crippen molar-refractivity contribution < 1.29 is 39.5 Å². The van der Waals surface area contributed by atoms with Gasteiger partial charge in [-0.15, -0.1) is 0 Å². The third-order valence-electron chi connectivity index (χ3n) is 6.82. The van der Waals surface area contributed by atoms with Crippen LogP contribution in [-0.4, -0.2) is 58.8 Å². The van der Waals surface area contributed by atoms with Gasteiger partial charge in [0.15, 0.2) is 23.4 Å². The number of carboxylic acid groups (broad SMARTS) is 2. The van der Waals surface area contributed by atoms with Crippen molar-refractivity contribution in [3.8, 4) is 0 Å². The van der Waals surface area contributed by atoms with Crippen LogP contribution in [0.3, 0.4) is 0 Å². The second kappa shape index (κ2) is 12.1. The molecule has 0 aromatic heterocycles. The molecule has 4 atom stereocenters. The van der Waals surface area contributed by atoms with Gasteiger partial charge in [0.1, 0.15) is 0 Å². The maximum absolute atomic E-state index is 12.1. The van der Waals surface area contributed by atoms with E-state index < -0.39 is 35.3 Å². The molecule has 0 amide bonds. The monoisotopic (exact) mass is 508 g/mol. The lowest BCUT2D eigenvalue weighted by atomic mass is 9.76. The molecule has 196 valence electrons. The molecule has 0 heterocycles. The zero-order valence-corrected chi connectivity index (χ0v) is 20.8. The molecule has 1 aliphatic rings. The standard InChI is InChI=1S/C29H32O8/c1-36-28(24(30)26(32)33,20-12-6-3-7-13-20)22-16-10-5-11-17-23(19-18-22)29(37-2,25(31)27(34)35)21-14-8-4-9-15-21/h3-10,12-16,19,24-25,30-31H,11,17-18H2,1-2H3,(H,32,33)(H,34,35)/b10-5?,22-16+,23-19?/t24-,25-,28?,29?/m1/s1. The zero-order valence-electron chi connectivity index (χ0n) is 20.8. The highest BCUT2D eigenvalue weighted by atomic mass is 16.5. The lowest BCUT2D eigenvalue weighted by Gasteiger charge is -2.39. The van der Waals surface area contributed by atoms with Crippen LogP contribution in [0, 0.1) is 0 Å². The fourth-order valence-corrected chi connectivity index (χ4v) is 5.01. The van der Waals surface area contributed by atoms with Crippen LogP contribution in [0.4, 0.5) is 0 Å². The predicted octanol–water partition coefficient (Wildman–Crippen LogP) is 3.55. The van der Waals surface area contributed by atoms with Gasteiger partial charge in [0.2, 0.25) is 0 Å². The summed E-state index contributed by atoms with van der Waals surface area (Å²) in [5.74, 6) is -2.91. The van der Waals surface area contributed by atoms with Crippen molar-refractivity contribution >= 4 is 11.9 Å². The Morgan fingerprint density at radius 3 is 1.68 bits per heavy atom. The van der Waals surface area contributed by atoms with Crippen LogP contribution >= 0.6 is 0 Å². The van der Waals surface area contributed by atoms with Gasteiger partial charge >= 0.3 is 11.9 Å². The number of ether oxygens (including phenoxy) is 2. The Morgan fingerprint density at radius 1 is 0.784 bits per heavy atom. The van der Waals surface area contributed by atoms with Crippen LogP contribution in [0.15, 0.2) is 96.1 Å². The van der Waals surface area contributed by atoms with Crippen LogP contribution in [0.5, 0.6) is 0 Å². The summed E-state index contributed by atoms with van der Waals surface area (Å²) < 4.78 is 11.6. The first-order valence-electron chi connectivity index (χ1n) is 11.8. The molecule has 2 aromatic carbocycles. The van der Waals surface area contributed by atoms with Gasteiger partial charge in [-0.1, -0.05) is 85.0 Å². The fraction of sp³-hybridized carbons (Fsp3) is 0.310. The summed E-state index contributed by atoms with van der Waals surface area (Å²) in [6.45, 7) is 0. The van der Waals surface area contributed by atoms with E-state index in [0.717, 1.165) is 0 Å². The average Bonchev–Trinajstić information content (AvgIpc) is 3.04. The van der Waals surface area contributed by atoms with Crippen LogP contribution in [0.2, 0.25) is 0 Å². The van der Waals surface area contributed by atoms with E-state index >= 15 is 0 Å². The molecule has 0 spiro atoms. The van der Waals surface area contributed by atoms with E-state index in [1.807, 2.05) is 6.08 Å². The van der Waals surface area contributed by atoms with E-state index in [-0.39, 0.29) is 6.42 Å². The van der Waals surface area contributed by atoms with Gasteiger partial charge in [-0.25, -0.2) is 9.59 Å². The van der Waals surface area contributed by atoms with Gasteiger partial charge in [-0.2, -0.15) is 0 Å². The molecule has 37 heavy (non-hydrogen) atoms. The number of aliphatic carboxylic acids is 2. The second-order valence-electron chi connectivity index (χ2n) is 8.69. The van der Waals surface area contributed by atoms with Crippen LogP contribution < -0.4 is 0 Å². The molecule has 2 aromatic rings. The minimum absolute atomic E-state index is 0.0804. The first-order chi connectivity index (χ1) is 17.8. The number of benzene rings is 2. The van der Waals surface area contributed by atoms with Crippen molar-refractivity contribution in [3.05, 3.63) is 107 Å². The van der Waals surface area contributed by atoms with Crippen LogP contribution in [0.1, 0.15) is 30.4 Å². The molecule has 8 heteroatoms. The lowest BCUT2D eigenvalue weighted by molar-refractivity contribution is -0.165. The van der Waals surface area contributed by atoms with Gasteiger partial charge in [0.05, 0.1) is 0 Å². The van der Waals surface area contributed by atoms with Gasteiger partial charge in [-0.05, 0) is 41.5 Å². The van der Waals surface area contributed by atoms with Crippen molar-refractivity contribution in [3.63, 3.8) is 0 Å². The molecule has 0 radical (unpaired) electrons. The summed E-state index contributed by atoms with van der Waals surface area (Å²) in [4.78, 5) is 24.1. The Hall–Kier alpha value is -3.56. The number of rotatable bonds is 10. The van der Waals surface area contributed by atoms with Crippen LogP contribution in [-0.2, 0) is 30.3 Å². The SMILES string of the molecule is COC(C1=CC/C(C(OC)(c2ccccc2)[C@H](O)C(=O)O)=C\C=CCC1)(c1ccccc1)[C@H](O)C(=O)O. The third kappa shape index (κ3) is 5.28. The summed E-state index contributed by atoms with van der Waals surface area (Å²) in [6.07, 6.45) is 4.09. The lowest BCUT2D eigenvalue weighted by Crippen LogP contribution is -2.48. The number of methoxy groups -OCH3 is 2. The van der Waals surface area contributed by atoms with E-state index in [1.54, 1.807) is 78.9 Å². The molecule has 8 nitrogen and oxygen atoms in total. The molecule has 1 aliphatic carbocycles. The first kappa shape index (κ1) is 28.0. The van der Waals surface area contributed by atoms with E-state index in [9.17, 15) is 30.0 Å². The summed E-state index contributed by atoms with van der Waals surface area (Å²) >= 11 is 0. The van der Waals surface area contributed by atoms with Crippen molar-refractivity contribution in [1.82, 2.24) is 0 Å². The normalized spacial score (nSPS) is 20.4. The van der Waals surface area contributed by atoms with Crippen LogP contribution in [0.25, 0.3) is 0 Å². The number of carbonyl (C=O) groups is 2. The van der Waals surface area contributed by atoms with E-state index in [2.05, 4.69) is 0 Å². The predicted molar refractivity (Wildman–Crippen MR) is 137 cm³/mol. The summed E-state index contributed by atoms with van der Waals surface area (Å²) in [7, 11) is 2.68. The number of aliphatic hydroxyl groups excluding tert-OH is 2. The largest absolute Gasteiger partial charge is 0.479 e. The summed E-state index contributed by atoms with van der Waals surface area (Å²) in [6, 6.07) is 17.2. The minimum atomic E-state index is -1.94. The minimum Gasteiger partial charge on any atom is -0.479 e. The van der Waals surface area contributed by atoms with E-state index in [0.29, 0.717) is 35.1 Å². The third-order valence-corrected chi connectivity index (χ3v) is 6.82.